The van der Waals surface area contributed by atoms with Gasteiger partial charge in [-0.2, -0.15) is 0 Å². The Morgan fingerprint density at radius 3 is 2.50 bits per heavy atom. The van der Waals surface area contributed by atoms with E-state index < -0.39 is 35.1 Å². The van der Waals surface area contributed by atoms with E-state index in [1.165, 1.54) is 6.92 Å². The third kappa shape index (κ3) is 3.25. The fourth-order valence-corrected chi connectivity index (χ4v) is 1.20. The SMILES string of the molecule is CCOC(=O)c1c(F)ccc(OC(F)(F)F)c1N. The highest BCUT2D eigenvalue weighted by Gasteiger charge is 2.33. The topological polar surface area (TPSA) is 61.5 Å². The normalized spacial score (nSPS) is 11.2. The van der Waals surface area contributed by atoms with Gasteiger partial charge in [-0.05, 0) is 19.1 Å². The molecule has 18 heavy (non-hydrogen) atoms. The lowest BCUT2D eigenvalue weighted by Crippen LogP contribution is -2.19. The van der Waals surface area contributed by atoms with Crippen LogP contribution in [0.15, 0.2) is 12.1 Å². The number of anilines is 1. The fourth-order valence-electron chi connectivity index (χ4n) is 1.20. The number of carbonyl (C=O) groups excluding carboxylic acids is 1. The molecule has 0 heterocycles. The maximum atomic E-state index is 13.3. The standard InChI is InChI=1S/C10H9F4NO3/c1-2-17-9(16)7-5(11)3-4-6(8(7)15)18-10(12,13)14/h3-4H,2,15H2,1H3. The predicted octanol–water partition coefficient (Wildman–Crippen LogP) is 2.48. The van der Waals surface area contributed by atoms with Crippen LogP contribution in [0.3, 0.4) is 0 Å². The Morgan fingerprint density at radius 1 is 1.39 bits per heavy atom. The third-order valence-electron chi connectivity index (χ3n) is 1.86. The van der Waals surface area contributed by atoms with E-state index in [-0.39, 0.29) is 6.61 Å². The van der Waals surface area contributed by atoms with Crippen LogP contribution in [0, 0.1) is 5.82 Å². The molecule has 0 radical (unpaired) electrons. The molecule has 0 aliphatic carbocycles. The summed E-state index contributed by atoms with van der Waals surface area (Å²) in [4.78, 5) is 11.3. The molecule has 0 unspecified atom stereocenters. The average molecular weight is 267 g/mol. The van der Waals surface area contributed by atoms with E-state index in [2.05, 4.69) is 9.47 Å². The number of halogens is 4. The Morgan fingerprint density at radius 2 is 2.00 bits per heavy atom. The van der Waals surface area contributed by atoms with Gasteiger partial charge in [-0.3, -0.25) is 0 Å². The molecule has 0 aromatic heterocycles. The molecule has 0 saturated carbocycles. The van der Waals surface area contributed by atoms with E-state index in [1.807, 2.05) is 0 Å². The highest BCUT2D eigenvalue weighted by Crippen LogP contribution is 2.32. The van der Waals surface area contributed by atoms with E-state index in [0.29, 0.717) is 12.1 Å². The Kier molecular flexibility index (Phi) is 4.00. The molecule has 1 rings (SSSR count). The quantitative estimate of drug-likeness (QED) is 0.519. The Balaban J connectivity index is 3.18. The van der Waals surface area contributed by atoms with E-state index in [4.69, 9.17) is 5.73 Å². The molecule has 100 valence electrons. The lowest BCUT2D eigenvalue weighted by molar-refractivity contribution is -0.274. The third-order valence-corrected chi connectivity index (χ3v) is 1.86. The maximum absolute atomic E-state index is 13.3. The molecule has 0 atom stereocenters. The fraction of sp³-hybridized carbons (Fsp3) is 0.300. The smallest absolute Gasteiger partial charge is 0.462 e. The number of nitrogens with two attached hydrogens (primary N) is 1. The van der Waals surface area contributed by atoms with Gasteiger partial charge in [0.25, 0.3) is 0 Å². The van der Waals surface area contributed by atoms with Crippen molar-refractivity contribution in [1.29, 1.82) is 0 Å². The van der Waals surface area contributed by atoms with Crippen LogP contribution >= 0.6 is 0 Å². The van der Waals surface area contributed by atoms with Crippen molar-refractivity contribution >= 4 is 11.7 Å². The van der Waals surface area contributed by atoms with E-state index in [0.717, 1.165) is 0 Å². The van der Waals surface area contributed by atoms with Crippen molar-refractivity contribution in [3.8, 4) is 5.75 Å². The summed E-state index contributed by atoms with van der Waals surface area (Å²) in [5.74, 6) is -3.09. The number of nitrogen functional groups attached to an aromatic ring is 1. The van der Waals surface area contributed by atoms with Crippen LogP contribution in [0.25, 0.3) is 0 Å². The Bertz CT molecular complexity index is 459. The molecule has 0 spiro atoms. The van der Waals surface area contributed by atoms with Crippen LogP contribution in [0.2, 0.25) is 0 Å². The highest BCUT2D eigenvalue weighted by atomic mass is 19.4. The first-order chi connectivity index (χ1) is 8.26. The van der Waals surface area contributed by atoms with Gasteiger partial charge in [0, 0.05) is 0 Å². The maximum Gasteiger partial charge on any atom is 0.573 e. The molecule has 0 aliphatic heterocycles. The summed E-state index contributed by atoms with van der Waals surface area (Å²) in [6.45, 7) is 1.39. The molecule has 1 aromatic carbocycles. The van der Waals surface area contributed by atoms with Gasteiger partial charge in [-0.25, -0.2) is 9.18 Å². The summed E-state index contributed by atoms with van der Waals surface area (Å²) in [6.07, 6.45) is -4.99. The zero-order valence-electron chi connectivity index (χ0n) is 9.18. The molecular formula is C10H9F4NO3. The van der Waals surface area contributed by atoms with E-state index >= 15 is 0 Å². The lowest BCUT2D eigenvalue weighted by atomic mass is 10.1. The van der Waals surface area contributed by atoms with Gasteiger partial charge in [-0.1, -0.05) is 0 Å². The summed E-state index contributed by atoms with van der Waals surface area (Å²) in [6, 6.07) is 1.32. The monoisotopic (exact) mass is 267 g/mol. The number of alkyl halides is 3. The number of rotatable bonds is 3. The van der Waals surface area contributed by atoms with Crippen molar-refractivity contribution in [2.45, 2.75) is 13.3 Å². The number of hydrogen-bond donors (Lipinski definition) is 1. The molecule has 0 amide bonds. The molecule has 1 aromatic rings. The van der Waals surface area contributed by atoms with Gasteiger partial charge in [0.1, 0.15) is 11.4 Å². The van der Waals surface area contributed by atoms with Gasteiger partial charge in [0.15, 0.2) is 5.75 Å². The van der Waals surface area contributed by atoms with Gasteiger partial charge in [0.05, 0.1) is 12.3 Å². The van der Waals surface area contributed by atoms with Crippen molar-refractivity contribution in [3.05, 3.63) is 23.5 Å². The predicted molar refractivity (Wildman–Crippen MR) is 53.5 cm³/mol. The number of hydrogen-bond acceptors (Lipinski definition) is 4. The Hall–Kier alpha value is -1.99. The van der Waals surface area contributed by atoms with Crippen LogP contribution in [0.1, 0.15) is 17.3 Å². The molecule has 0 saturated heterocycles. The molecule has 0 aliphatic rings. The van der Waals surface area contributed by atoms with Crippen molar-refractivity contribution in [2.24, 2.45) is 0 Å². The van der Waals surface area contributed by atoms with Crippen LogP contribution in [-0.2, 0) is 4.74 Å². The molecular weight excluding hydrogens is 258 g/mol. The van der Waals surface area contributed by atoms with Crippen molar-refractivity contribution in [3.63, 3.8) is 0 Å². The van der Waals surface area contributed by atoms with Crippen LogP contribution in [0.4, 0.5) is 23.2 Å². The number of ether oxygens (including phenoxy) is 2. The van der Waals surface area contributed by atoms with E-state index in [1.54, 1.807) is 0 Å². The lowest BCUT2D eigenvalue weighted by Gasteiger charge is -2.13. The average Bonchev–Trinajstić information content (AvgIpc) is 2.21. The number of esters is 1. The molecule has 0 fully saturated rings. The van der Waals surface area contributed by atoms with Gasteiger partial charge < -0.3 is 15.2 Å². The Labute approximate surface area is 99.3 Å². The van der Waals surface area contributed by atoms with Crippen molar-refractivity contribution in [1.82, 2.24) is 0 Å². The second-order valence-corrected chi connectivity index (χ2v) is 3.10. The first kappa shape index (κ1) is 14.1. The zero-order valence-corrected chi connectivity index (χ0v) is 9.18. The molecule has 4 nitrogen and oxygen atoms in total. The summed E-state index contributed by atoms with van der Waals surface area (Å²) in [5, 5.41) is 0. The molecule has 8 heteroatoms. The van der Waals surface area contributed by atoms with Crippen molar-refractivity contribution < 1.29 is 31.8 Å². The van der Waals surface area contributed by atoms with Gasteiger partial charge >= 0.3 is 12.3 Å². The minimum absolute atomic E-state index is 0.0674. The summed E-state index contributed by atoms with van der Waals surface area (Å²) < 4.78 is 57.4. The van der Waals surface area contributed by atoms with Crippen LogP contribution < -0.4 is 10.5 Å². The first-order valence-corrected chi connectivity index (χ1v) is 4.77. The van der Waals surface area contributed by atoms with Crippen LogP contribution in [-0.4, -0.2) is 18.9 Å². The zero-order chi connectivity index (χ0) is 13.9. The summed E-state index contributed by atoms with van der Waals surface area (Å²) in [7, 11) is 0. The second kappa shape index (κ2) is 5.11. The van der Waals surface area contributed by atoms with Crippen LogP contribution in [0.5, 0.6) is 5.75 Å². The summed E-state index contributed by atoms with van der Waals surface area (Å²) >= 11 is 0. The molecule has 0 bridgehead atoms. The summed E-state index contributed by atoms with van der Waals surface area (Å²) in [5.41, 5.74) is 3.72. The highest BCUT2D eigenvalue weighted by molar-refractivity contribution is 5.96. The van der Waals surface area contributed by atoms with E-state index in [9.17, 15) is 22.4 Å². The first-order valence-electron chi connectivity index (χ1n) is 4.77. The van der Waals surface area contributed by atoms with Gasteiger partial charge in [0.2, 0.25) is 0 Å². The number of benzene rings is 1. The minimum Gasteiger partial charge on any atom is -0.462 e. The second-order valence-electron chi connectivity index (χ2n) is 3.10. The largest absolute Gasteiger partial charge is 0.573 e. The molecule has 2 N–H and O–H groups in total. The van der Waals surface area contributed by atoms with Gasteiger partial charge in [-0.15, -0.1) is 13.2 Å². The van der Waals surface area contributed by atoms with Crippen molar-refractivity contribution in [2.75, 3.05) is 12.3 Å². The minimum atomic E-state index is -4.99. The number of carbonyl (C=O) groups is 1.